The Bertz CT molecular complexity index is 1230. The van der Waals surface area contributed by atoms with Gasteiger partial charge in [-0.15, -0.1) is 0 Å². The summed E-state index contributed by atoms with van der Waals surface area (Å²) in [5.74, 6) is -0.291. The van der Waals surface area contributed by atoms with Crippen molar-refractivity contribution in [2.45, 2.75) is 35.9 Å². The second-order valence-electron chi connectivity index (χ2n) is 8.25. The molecule has 1 aliphatic rings. The zero-order valence-electron chi connectivity index (χ0n) is 18.5. The van der Waals surface area contributed by atoms with Gasteiger partial charge < -0.3 is 19.8 Å². The van der Waals surface area contributed by atoms with Gasteiger partial charge in [0.05, 0.1) is 27.8 Å². The number of likely N-dealkylation sites (tertiary alicyclic amines) is 1. The van der Waals surface area contributed by atoms with Crippen LogP contribution in [0.1, 0.15) is 29.6 Å². The van der Waals surface area contributed by atoms with Crippen LogP contribution in [0.3, 0.4) is 0 Å². The number of hydrogen-bond donors (Lipinski definition) is 3. The summed E-state index contributed by atoms with van der Waals surface area (Å²) in [6.45, 7) is 0.495. The summed E-state index contributed by atoms with van der Waals surface area (Å²) < 4.78 is 40.2. The first-order valence-electron chi connectivity index (χ1n) is 10.9. The van der Waals surface area contributed by atoms with E-state index in [1.807, 2.05) is 6.07 Å². The number of aliphatic hydroxyl groups is 1. The number of anilines is 1. The molecule has 0 spiro atoms. The largest absolute Gasteiger partial charge is 0.493 e. The molecule has 1 saturated heterocycles. The van der Waals surface area contributed by atoms with Crippen molar-refractivity contribution < 1.29 is 28.2 Å². The van der Waals surface area contributed by atoms with E-state index in [0.717, 1.165) is 16.7 Å². The number of fused-ring (bicyclic) bond motifs is 1. The van der Waals surface area contributed by atoms with E-state index >= 15 is 0 Å². The molecule has 0 aliphatic carbocycles. The third-order valence-electron chi connectivity index (χ3n) is 5.71. The van der Waals surface area contributed by atoms with Crippen LogP contribution in [-0.2, 0) is 0 Å². The highest BCUT2D eigenvalue weighted by Crippen LogP contribution is 2.31. The van der Waals surface area contributed by atoms with Crippen molar-refractivity contribution in [1.82, 2.24) is 14.9 Å². The Morgan fingerprint density at radius 3 is 2.54 bits per heavy atom. The molecule has 3 N–H and O–H groups in total. The summed E-state index contributed by atoms with van der Waals surface area (Å²) >= 11 is 1.31. The maximum Gasteiger partial charge on any atom is 0.392 e. The van der Waals surface area contributed by atoms with Crippen LogP contribution in [0.4, 0.5) is 18.9 Å². The average Bonchev–Trinajstić information content (AvgIpc) is 2.82. The molecule has 35 heavy (non-hydrogen) atoms. The number of aromatic hydroxyl groups is 1. The number of nitrogens with one attached hydrogen (secondary N) is 1. The van der Waals surface area contributed by atoms with Gasteiger partial charge in [-0.05, 0) is 61.2 Å². The number of piperidine rings is 1. The van der Waals surface area contributed by atoms with Crippen LogP contribution in [-0.4, -0.2) is 55.9 Å². The van der Waals surface area contributed by atoms with Gasteiger partial charge in [0, 0.05) is 24.3 Å². The predicted molar refractivity (Wildman–Crippen MR) is 127 cm³/mol. The van der Waals surface area contributed by atoms with E-state index in [9.17, 15) is 28.2 Å². The fraction of sp³-hybridized carbons (Fsp3) is 0.292. The number of rotatable bonds is 6. The lowest BCUT2D eigenvalue weighted by molar-refractivity contribution is -0.125. The smallest absolute Gasteiger partial charge is 0.392 e. The van der Waals surface area contributed by atoms with Gasteiger partial charge in [0.15, 0.2) is 0 Å². The molecule has 1 fully saturated rings. The Hall–Kier alpha value is -3.31. The number of carbonyl (C=O) groups is 1. The third-order valence-corrected chi connectivity index (χ3v) is 6.60. The number of halogens is 3. The molecule has 0 saturated carbocycles. The van der Waals surface area contributed by atoms with Crippen LogP contribution >= 0.6 is 11.9 Å². The molecule has 7 nitrogen and oxygen atoms in total. The molecule has 1 amide bonds. The van der Waals surface area contributed by atoms with Crippen molar-refractivity contribution >= 4 is 34.4 Å². The van der Waals surface area contributed by atoms with Crippen molar-refractivity contribution in [2.24, 2.45) is 0 Å². The maximum atomic E-state index is 12.8. The molecular weight excluding hydrogens is 481 g/mol. The molecule has 0 unspecified atom stereocenters. The normalized spacial score (nSPS) is 16.1. The average molecular weight is 505 g/mol. The molecule has 2 heterocycles. The van der Waals surface area contributed by atoms with E-state index in [1.54, 1.807) is 41.3 Å². The molecule has 0 radical (unpaired) electrons. The van der Waals surface area contributed by atoms with Crippen LogP contribution < -0.4 is 4.72 Å². The number of para-hydroxylation sites is 1. The molecule has 2 aromatic carbocycles. The van der Waals surface area contributed by atoms with E-state index in [2.05, 4.69) is 14.7 Å². The second-order valence-corrected chi connectivity index (χ2v) is 9.10. The number of alkyl halides is 3. The van der Waals surface area contributed by atoms with Gasteiger partial charge in [-0.25, -0.2) is 9.97 Å². The predicted octanol–water partition coefficient (Wildman–Crippen LogP) is 4.93. The molecule has 4 rings (SSSR count). The molecule has 1 aliphatic heterocycles. The van der Waals surface area contributed by atoms with Gasteiger partial charge in [-0.3, -0.25) is 4.79 Å². The van der Waals surface area contributed by atoms with Gasteiger partial charge >= 0.3 is 6.18 Å². The summed E-state index contributed by atoms with van der Waals surface area (Å²) in [5, 5.41) is 20.9. The minimum absolute atomic E-state index is 0.0891. The standard InChI is InChI=1S/C24H23F3N4O3S/c25-24(26,27)10-2-9-23(34)11-13-31(14-12-23)22(33)16-5-7-17(8-6-16)30-35-19-4-1-3-18-20(19)28-15-29-21(18)32/h1-9,15,30,34H,10-14H2,(H,28,29,32)/b9-2+. The Morgan fingerprint density at radius 2 is 1.86 bits per heavy atom. The topological polar surface area (TPSA) is 98.6 Å². The minimum Gasteiger partial charge on any atom is -0.493 e. The second kappa shape index (κ2) is 10.1. The van der Waals surface area contributed by atoms with Gasteiger partial charge in [0.25, 0.3) is 5.91 Å². The molecule has 0 atom stereocenters. The molecule has 0 bridgehead atoms. The fourth-order valence-electron chi connectivity index (χ4n) is 3.78. The summed E-state index contributed by atoms with van der Waals surface area (Å²) in [5.41, 5.74) is 0.504. The molecule has 11 heteroatoms. The van der Waals surface area contributed by atoms with Crippen molar-refractivity contribution in [1.29, 1.82) is 0 Å². The van der Waals surface area contributed by atoms with E-state index in [4.69, 9.17) is 0 Å². The third kappa shape index (κ3) is 6.23. The van der Waals surface area contributed by atoms with Crippen LogP contribution in [0.5, 0.6) is 5.88 Å². The minimum atomic E-state index is -4.31. The van der Waals surface area contributed by atoms with Gasteiger partial charge in [0.1, 0.15) is 6.33 Å². The number of hydrogen-bond acceptors (Lipinski definition) is 7. The highest BCUT2D eigenvalue weighted by Gasteiger charge is 2.33. The molecular formula is C24H23F3N4O3S. The number of carbonyl (C=O) groups excluding carboxylic acids is 1. The summed E-state index contributed by atoms with van der Waals surface area (Å²) in [6, 6.07) is 12.3. The van der Waals surface area contributed by atoms with Crippen LogP contribution in [0, 0.1) is 0 Å². The first kappa shape index (κ1) is 24.8. The lowest BCUT2D eigenvalue weighted by atomic mass is 9.90. The zero-order chi connectivity index (χ0) is 25.1. The number of allylic oxidation sites excluding steroid dienone is 1. The van der Waals surface area contributed by atoms with Crippen molar-refractivity contribution in [2.75, 3.05) is 17.8 Å². The quantitative estimate of drug-likeness (QED) is 0.323. The number of aromatic nitrogens is 2. The summed E-state index contributed by atoms with van der Waals surface area (Å²) in [4.78, 5) is 23.2. The van der Waals surface area contributed by atoms with E-state index in [0.29, 0.717) is 16.5 Å². The van der Waals surface area contributed by atoms with Gasteiger partial charge in [0.2, 0.25) is 5.88 Å². The highest BCUT2D eigenvalue weighted by molar-refractivity contribution is 8.00. The number of nitrogens with zero attached hydrogens (tertiary/aromatic N) is 3. The lowest BCUT2D eigenvalue weighted by Gasteiger charge is -2.36. The Kier molecular flexibility index (Phi) is 7.18. The lowest BCUT2D eigenvalue weighted by Crippen LogP contribution is -2.45. The molecule has 184 valence electrons. The number of amides is 1. The van der Waals surface area contributed by atoms with Crippen LogP contribution in [0.15, 0.2) is 65.8 Å². The van der Waals surface area contributed by atoms with Crippen molar-refractivity contribution in [3.05, 3.63) is 66.5 Å². The van der Waals surface area contributed by atoms with E-state index in [1.165, 1.54) is 24.4 Å². The van der Waals surface area contributed by atoms with Crippen LogP contribution in [0.2, 0.25) is 0 Å². The SMILES string of the molecule is O=C(c1ccc(NSc2cccc3c(O)ncnc23)cc1)N1CCC(O)(/C=C/CC(F)(F)F)CC1. The van der Waals surface area contributed by atoms with Gasteiger partial charge in [-0.2, -0.15) is 13.2 Å². The van der Waals surface area contributed by atoms with Crippen molar-refractivity contribution in [3.63, 3.8) is 0 Å². The first-order valence-corrected chi connectivity index (χ1v) is 11.7. The highest BCUT2D eigenvalue weighted by atomic mass is 32.2. The van der Waals surface area contributed by atoms with Gasteiger partial charge in [-0.1, -0.05) is 18.2 Å². The fourth-order valence-corrected chi connectivity index (χ4v) is 4.55. The van der Waals surface area contributed by atoms with E-state index < -0.39 is 18.2 Å². The Labute approximate surface area is 203 Å². The zero-order valence-corrected chi connectivity index (χ0v) is 19.3. The summed E-state index contributed by atoms with van der Waals surface area (Å²) in [6.07, 6.45) is -1.62. The van der Waals surface area contributed by atoms with Crippen LogP contribution in [0.25, 0.3) is 10.9 Å². The summed E-state index contributed by atoms with van der Waals surface area (Å²) in [7, 11) is 0. The maximum absolute atomic E-state index is 12.8. The first-order chi connectivity index (χ1) is 16.6. The number of benzene rings is 2. The Balaban J connectivity index is 1.33. The molecule has 3 aromatic rings. The molecule has 1 aromatic heterocycles. The van der Waals surface area contributed by atoms with Crippen molar-refractivity contribution in [3.8, 4) is 5.88 Å². The Morgan fingerprint density at radius 1 is 1.14 bits per heavy atom. The van der Waals surface area contributed by atoms with E-state index in [-0.39, 0.29) is 37.7 Å². The monoisotopic (exact) mass is 504 g/mol.